The number of methoxy groups -OCH3 is 1. The Morgan fingerprint density at radius 1 is 1.06 bits per heavy atom. The lowest BCUT2D eigenvalue weighted by Crippen LogP contribution is -2.38. The van der Waals surface area contributed by atoms with Gasteiger partial charge in [-0.05, 0) is 61.4 Å². The van der Waals surface area contributed by atoms with Crippen molar-refractivity contribution in [1.82, 2.24) is 19.5 Å². The Morgan fingerprint density at radius 2 is 1.86 bits per heavy atom. The van der Waals surface area contributed by atoms with Crippen LogP contribution < -0.4 is 9.64 Å². The number of hydrogen-bond acceptors (Lipinski definition) is 5. The number of anilines is 1. The molecule has 186 valence electrons. The molecule has 7 nitrogen and oxygen atoms in total. The minimum atomic E-state index is -0.0836. The van der Waals surface area contributed by atoms with Gasteiger partial charge in [-0.1, -0.05) is 31.2 Å². The van der Waals surface area contributed by atoms with Gasteiger partial charge in [0.25, 0.3) is 5.91 Å². The third kappa shape index (κ3) is 3.96. The normalized spacial score (nSPS) is 20.4. The number of aromatic nitrogens is 3. The van der Waals surface area contributed by atoms with Crippen LogP contribution in [0.1, 0.15) is 60.3 Å². The predicted octanol–water partition coefficient (Wildman–Crippen LogP) is 5.41. The highest BCUT2D eigenvalue weighted by atomic mass is 16.5. The summed E-state index contributed by atoms with van der Waals surface area (Å²) in [7, 11) is 1.63. The van der Waals surface area contributed by atoms with Crippen LogP contribution in [0.15, 0.2) is 48.7 Å². The van der Waals surface area contributed by atoms with E-state index in [2.05, 4.69) is 31.0 Å². The van der Waals surface area contributed by atoms with E-state index in [1.165, 1.54) is 6.42 Å². The number of amides is 1. The molecular formula is C29H33N5O2. The summed E-state index contributed by atoms with van der Waals surface area (Å²) in [4.78, 5) is 23.3. The number of hydrogen-bond donors (Lipinski definition) is 0. The van der Waals surface area contributed by atoms with Crippen molar-refractivity contribution in [3.05, 3.63) is 65.5 Å². The van der Waals surface area contributed by atoms with E-state index in [4.69, 9.17) is 14.8 Å². The Bertz CT molecular complexity index is 1440. The van der Waals surface area contributed by atoms with E-state index in [1.807, 2.05) is 45.8 Å². The first-order chi connectivity index (χ1) is 17.5. The van der Waals surface area contributed by atoms with Gasteiger partial charge in [0.15, 0.2) is 5.65 Å². The smallest absolute Gasteiger partial charge is 0.258 e. The zero-order valence-corrected chi connectivity index (χ0v) is 21.3. The summed E-state index contributed by atoms with van der Waals surface area (Å²) in [5, 5.41) is 7.00. The first kappa shape index (κ1) is 22.8. The maximum Gasteiger partial charge on any atom is 0.258 e. The van der Waals surface area contributed by atoms with Crippen LogP contribution in [-0.4, -0.2) is 52.1 Å². The molecule has 2 aliphatic rings. The molecule has 4 aromatic rings. The monoisotopic (exact) mass is 483 g/mol. The summed E-state index contributed by atoms with van der Waals surface area (Å²) in [6.45, 7) is 7.20. The Kier molecular flexibility index (Phi) is 5.78. The van der Waals surface area contributed by atoms with E-state index < -0.39 is 0 Å². The molecule has 0 unspecified atom stereocenters. The molecule has 0 saturated carbocycles. The molecule has 6 rings (SSSR count). The van der Waals surface area contributed by atoms with Gasteiger partial charge in [0.05, 0.1) is 24.4 Å². The van der Waals surface area contributed by atoms with Crippen molar-refractivity contribution in [3.8, 4) is 5.75 Å². The minimum Gasteiger partial charge on any atom is -0.496 e. The summed E-state index contributed by atoms with van der Waals surface area (Å²) in [5.41, 5.74) is 3.48. The van der Waals surface area contributed by atoms with Gasteiger partial charge in [0.2, 0.25) is 0 Å². The molecule has 0 radical (unpaired) electrons. The molecule has 0 spiro atoms. The number of nitrogens with zero attached hydrogens (tertiary/aromatic N) is 5. The quantitative estimate of drug-likeness (QED) is 0.388. The molecule has 2 fully saturated rings. The van der Waals surface area contributed by atoms with Gasteiger partial charge >= 0.3 is 0 Å². The zero-order valence-electron chi connectivity index (χ0n) is 21.3. The van der Waals surface area contributed by atoms with Crippen LogP contribution in [-0.2, 0) is 0 Å². The molecule has 2 aromatic heterocycles. The van der Waals surface area contributed by atoms with Crippen LogP contribution in [0.4, 0.5) is 5.82 Å². The molecule has 0 N–H and O–H groups in total. The van der Waals surface area contributed by atoms with Gasteiger partial charge in [-0.15, -0.1) is 0 Å². The summed E-state index contributed by atoms with van der Waals surface area (Å²) >= 11 is 0. The van der Waals surface area contributed by atoms with Crippen molar-refractivity contribution >= 4 is 28.1 Å². The molecule has 0 aliphatic carbocycles. The second kappa shape index (κ2) is 9.12. The lowest BCUT2D eigenvalue weighted by atomic mass is 9.97. The third-order valence-corrected chi connectivity index (χ3v) is 7.75. The topological polar surface area (TPSA) is 63.0 Å². The highest BCUT2D eigenvalue weighted by Crippen LogP contribution is 2.35. The molecule has 2 aliphatic heterocycles. The SMILES string of the molecule is COc1cc2ccccc2cc1C(=O)N1CCCC[C@H]1c1cc2nc(N3CC[C@H](C)C3)c(C)cn2n1. The molecule has 7 heteroatoms. The lowest BCUT2D eigenvalue weighted by Gasteiger charge is -2.35. The maximum absolute atomic E-state index is 13.9. The zero-order chi connectivity index (χ0) is 24.8. The molecule has 1 amide bonds. The van der Waals surface area contributed by atoms with Gasteiger partial charge in [0.1, 0.15) is 11.6 Å². The second-order valence-corrected chi connectivity index (χ2v) is 10.4. The van der Waals surface area contributed by atoms with Crippen molar-refractivity contribution in [2.45, 2.75) is 45.6 Å². The Balaban J connectivity index is 1.35. The van der Waals surface area contributed by atoms with Gasteiger partial charge in [-0.25, -0.2) is 9.50 Å². The number of benzene rings is 2. The van der Waals surface area contributed by atoms with E-state index in [1.54, 1.807) is 7.11 Å². The molecule has 4 heterocycles. The maximum atomic E-state index is 13.9. The van der Waals surface area contributed by atoms with E-state index in [0.29, 0.717) is 23.8 Å². The Morgan fingerprint density at radius 3 is 2.61 bits per heavy atom. The second-order valence-electron chi connectivity index (χ2n) is 10.4. The highest BCUT2D eigenvalue weighted by molar-refractivity contribution is 6.01. The molecule has 2 aromatic carbocycles. The van der Waals surface area contributed by atoms with Gasteiger partial charge < -0.3 is 14.5 Å². The number of ether oxygens (including phenoxy) is 1. The summed E-state index contributed by atoms with van der Waals surface area (Å²) in [5.74, 6) is 2.35. The Hall–Kier alpha value is -3.61. The van der Waals surface area contributed by atoms with Gasteiger partial charge in [0, 0.05) is 37.5 Å². The average molecular weight is 484 g/mol. The number of fused-ring (bicyclic) bond motifs is 2. The molecule has 2 atom stereocenters. The van der Waals surface area contributed by atoms with Crippen LogP contribution >= 0.6 is 0 Å². The first-order valence-corrected chi connectivity index (χ1v) is 13.0. The van der Waals surface area contributed by atoms with Crippen molar-refractivity contribution in [2.24, 2.45) is 5.92 Å². The third-order valence-electron chi connectivity index (χ3n) is 7.75. The van der Waals surface area contributed by atoms with Crippen LogP contribution in [0.3, 0.4) is 0 Å². The van der Waals surface area contributed by atoms with Gasteiger partial charge in [-0.2, -0.15) is 5.10 Å². The lowest BCUT2D eigenvalue weighted by molar-refractivity contribution is 0.0602. The van der Waals surface area contributed by atoms with Crippen molar-refractivity contribution in [3.63, 3.8) is 0 Å². The predicted molar refractivity (Wildman–Crippen MR) is 142 cm³/mol. The van der Waals surface area contributed by atoms with E-state index in [-0.39, 0.29) is 11.9 Å². The van der Waals surface area contributed by atoms with Crippen LogP contribution in [0.5, 0.6) is 5.75 Å². The van der Waals surface area contributed by atoms with E-state index in [0.717, 1.165) is 65.8 Å². The highest BCUT2D eigenvalue weighted by Gasteiger charge is 2.32. The van der Waals surface area contributed by atoms with E-state index in [9.17, 15) is 4.79 Å². The number of piperidine rings is 1. The number of carbonyl (C=O) groups excluding carboxylic acids is 1. The van der Waals surface area contributed by atoms with Crippen LogP contribution in [0, 0.1) is 12.8 Å². The van der Waals surface area contributed by atoms with Crippen molar-refractivity contribution in [2.75, 3.05) is 31.6 Å². The number of likely N-dealkylation sites (tertiary alicyclic amines) is 1. The number of aryl methyl sites for hydroxylation is 1. The van der Waals surface area contributed by atoms with Gasteiger partial charge in [-0.3, -0.25) is 4.79 Å². The van der Waals surface area contributed by atoms with Crippen LogP contribution in [0.25, 0.3) is 16.4 Å². The number of carbonyl (C=O) groups is 1. The summed E-state index contributed by atoms with van der Waals surface area (Å²) in [6.07, 6.45) is 6.22. The molecule has 0 bridgehead atoms. The fraction of sp³-hybridized carbons (Fsp3) is 0.414. The molecule has 36 heavy (non-hydrogen) atoms. The minimum absolute atomic E-state index is 0.00441. The molecule has 2 saturated heterocycles. The summed E-state index contributed by atoms with van der Waals surface area (Å²) in [6, 6.07) is 14.0. The van der Waals surface area contributed by atoms with Crippen molar-refractivity contribution in [1.29, 1.82) is 0 Å². The fourth-order valence-corrected chi connectivity index (χ4v) is 5.82. The fourth-order valence-electron chi connectivity index (χ4n) is 5.82. The Labute approximate surface area is 211 Å². The average Bonchev–Trinajstić information content (AvgIpc) is 3.52. The molecular weight excluding hydrogens is 450 g/mol. The van der Waals surface area contributed by atoms with E-state index >= 15 is 0 Å². The first-order valence-electron chi connectivity index (χ1n) is 13.0. The largest absolute Gasteiger partial charge is 0.496 e. The summed E-state index contributed by atoms with van der Waals surface area (Å²) < 4.78 is 7.53. The standard InChI is InChI=1S/C29H33N5O2/c1-19-11-13-32(17-19)28-20(2)18-34-27(30-28)16-24(31-34)25-10-6-7-12-33(25)29(35)23-14-21-8-4-5-9-22(21)15-26(23)36-3/h4-5,8-9,14-16,18-19,25H,6-7,10-13,17H2,1-3H3/t19-,25-/m0/s1. The number of rotatable bonds is 4. The van der Waals surface area contributed by atoms with Crippen molar-refractivity contribution < 1.29 is 9.53 Å². The van der Waals surface area contributed by atoms with Crippen LogP contribution in [0.2, 0.25) is 0 Å².